The van der Waals surface area contributed by atoms with Gasteiger partial charge in [-0.25, -0.2) is 0 Å². The molecule has 0 spiro atoms. The minimum absolute atomic E-state index is 0.224. The molecule has 0 amide bonds. The maximum Gasteiger partial charge on any atom is 0.0149 e. The van der Waals surface area contributed by atoms with E-state index in [0.29, 0.717) is 0 Å². The van der Waals surface area contributed by atoms with E-state index in [1.165, 1.54) is 13.1 Å². The lowest BCUT2D eigenvalue weighted by molar-refractivity contribution is 0.156. The Morgan fingerprint density at radius 1 is 1.33 bits per heavy atom. The molecule has 90 valence electrons. The lowest BCUT2D eigenvalue weighted by atomic mass is 9.85. The van der Waals surface area contributed by atoms with Gasteiger partial charge in [0, 0.05) is 36.2 Å². The van der Waals surface area contributed by atoms with Crippen molar-refractivity contribution in [3.05, 3.63) is 0 Å². The highest BCUT2D eigenvalue weighted by Gasteiger charge is 2.29. The molecule has 0 aromatic rings. The molecule has 0 aromatic heterocycles. The van der Waals surface area contributed by atoms with Gasteiger partial charge >= 0.3 is 0 Å². The summed E-state index contributed by atoms with van der Waals surface area (Å²) >= 11 is 2.11. The smallest absolute Gasteiger partial charge is 0.0149 e. The van der Waals surface area contributed by atoms with Crippen molar-refractivity contribution >= 4 is 11.8 Å². The number of rotatable bonds is 3. The predicted molar refractivity (Wildman–Crippen MR) is 70.4 cm³/mol. The average Bonchev–Trinajstić information content (AvgIpc) is 1.99. The molecule has 1 fully saturated rings. The summed E-state index contributed by atoms with van der Waals surface area (Å²) in [6, 6.07) is 0.262. The van der Waals surface area contributed by atoms with E-state index in [4.69, 9.17) is 5.73 Å². The van der Waals surface area contributed by atoms with Gasteiger partial charge in [0.05, 0.1) is 0 Å². The summed E-state index contributed by atoms with van der Waals surface area (Å²) in [5.74, 6) is 0. The summed E-state index contributed by atoms with van der Waals surface area (Å²) in [7, 11) is 0. The Bertz CT molecular complexity index is 194. The van der Waals surface area contributed by atoms with Crippen molar-refractivity contribution in [3.63, 3.8) is 0 Å². The van der Waals surface area contributed by atoms with E-state index in [1.807, 2.05) is 0 Å². The molecule has 0 radical (unpaired) electrons. The van der Waals surface area contributed by atoms with E-state index in [0.717, 1.165) is 17.0 Å². The van der Waals surface area contributed by atoms with Gasteiger partial charge in [-0.2, -0.15) is 11.8 Å². The van der Waals surface area contributed by atoms with Gasteiger partial charge in [0.1, 0.15) is 0 Å². The van der Waals surface area contributed by atoms with E-state index >= 15 is 0 Å². The molecular weight excluding hydrogens is 204 g/mol. The fourth-order valence-electron chi connectivity index (χ4n) is 2.13. The second-order valence-electron chi connectivity index (χ2n) is 5.73. The lowest BCUT2D eigenvalue weighted by Gasteiger charge is -2.40. The van der Waals surface area contributed by atoms with E-state index in [1.54, 1.807) is 0 Å². The largest absolute Gasteiger partial charge is 0.327 e. The zero-order valence-corrected chi connectivity index (χ0v) is 11.6. The zero-order chi connectivity index (χ0) is 11.6. The van der Waals surface area contributed by atoms with Gasteiger partial charge < -0.3 is 10.6 Å². The van der Waals surface area contributed by atoms with Crippen molar-refractivity contribution in [2.24, 2.45) is 11.1 Å². The van der Waals surface area contributed by atoms with Gasteiger partial charge in [-0.15, -0.1) is 0 Å². The predicted octanol–water partition coefficient (Wildman–Crippen LogP) is 2.19. The normalized spacial score (nSPS) is 31.6. The first-order chi connectivity index (χ1) is 6.81. The number of nitrogens with two attached hydrogens (primary N) is 1. The summed E-state index contributed by atoms with van der Waals surface area (Å²) in [5.41, 5.74) is 6.25. The molecule has 3 heteroatoms. The first kappa shape index (κ1) is 13.3. The van der Waals surface area contributed by atoms with Gasteiger partial charge in [0.2, 0.25) is 0 Å². The molecule has 0 saturated carbocycles. The highest BCUT2D eigenvalue weighted by atomic mass is 32.2. The van der Waals surface area contributed by atoms with Crippen LogP contribution in [0.1, 0.15) is 34.6 Å². The summed E-state index contributed by atoms with van der Waals surface area (Å²) in [4.78, 5) is 2.58. The quantitative estimate of drug-likeness (QED) is 0.806. The minimum atomic E-state index is 0.224. The fourth-order valence-corrected chi connectivity index (χ4v) is 3.52. The third-order valence-electron chi connectivity index (χ3n) is 3.36. The van der Waals surface area contributed by atoms with Crippen molar-refractivity contribution < 1.29 is 0 Å². The molecule has 15 heavy (non-hydrogen) atoms. The van der Waals surface area contributed by atoms with Crippen LogP contribution >= 0.6 is 11.8 Å². The number of hydrogen-bond acceptors (Lipinski definition) is 3. The first-order valence-corrected chi connectivity index (χ1v) is 6.89. The van der Waals surface area contributed by atoms with Crippen molar-refractivity contribution in [1.29, 1.82) is 0 Å². The topological polar surface area (TPSA) is 29.3 Å². The molecule has 1 rings (SSSR count). The standard InChI is InChI=1S/C12H26N2S/c1-9-6-14(7-10(2)15-9)8-12(4,5)11(3)13/h9-11H,6-8,13H2,1-5H3. The van der Waals surface area contributed by atoms with Crippen LogP contribution in [-0.2, 0) is 0 Å². The molecule has 3 unspecified atom stereocenters. The monoisotopic (exact) mass is 230 g/mol. The average molecular weight is 230 g/mol. The Morgan fingerprint density at radius 3 is 2.20 bits per heavy atom. The molecule has 1 heterocycles. The number of hydrogen-bond donors (Lipinski definition) is 1. The van der Waals surface area contributed by atoms with E-state index in [9.17, 15) is 0 Å². The van der Waals surface area contributed by atoms with Gasteiger partial charge in [-0.1, -0.05) is 27.7 Å². The van der Waals surface area contributed by atoms with Crippen LogP contribution < -0.4 is 5.73 Å². The Balaban J connectivity index is 2.50. The summed E-state index contributed by atoms with van der Waals surface area (Å²) in [6.45, 7) is 14.9. The van der Waals surface area contributed by atoms with Crippen LogP contribution in [0.5, 0.6) is 0 Å². The molecule has 0 bridgehead atoms. The maximum atomic E-state index is 6.02. The van der Waals surface area contributed by atoms with Crippen LogP contribution in [0.2, 0.25) is 0 Å². The van der Waals surface area contributed by atoms with Crippen LogP contribution in [0.4, 0.5) is 0 Å². The molecular formula is C12H26N2S. The molecule has 0 aromatic carbocycles. The summed E-state index contributed by atoms with van der Waals surface area (Å²) in [5, 5.41) is 1.52. The van der Waals surface area contributed by atoms with E-state index < -0.39 is 0 Å². The minimum Gasteiger partial charge on any atom is -0.327 e. The molecule has 2 N–H and O–H groups in total. The second kappa shape index (κ2) is 5.07. The first-order valence-electron chi connectivity index (χ1n) is 5.94. The zero-order valence-electron chi connectivity index (χ0n) is 10.8. The molecule has 1 aliphatic rings. The SMILES string of the molecule is CC1CN(CC(C)(C)C(C)N)CC(C)S1. The highest BCUT2D eigenvalue weighted by Crippen LogP contribution is 2.28. The van der Waals surface area contributed by atoms with E-state index in [-0.39, 0.29) is 11.5 Å². The van der Waals surface area contributed by atoms with Crippen molar-refractivity contribution in [2.75, 3.05) is 19.6 Å². The molecule has 1 aliphatic heterocycles. The Hall–Kier alpha value is 0.270. The molecule has 0 aliphatic carbocycles. The number of thioether (sulfide) groups is 1. The summed E-state index contributed by atoms with van der Waals surface area (Å²) < 4.78 is 0. The van der Waals surface area contributed by atoms with Crippen molar-refractivity contribution in [1.82, 2.24) is 4.90 Å². The molecule has 1 saturated heterocycles. The van der Waals surface area contributed by atoms with Crippen molar-refractivity contribution in [2.45, 2.75) is 51.2 Å². The molecule has 2 nitrogen and oxygen atoms in total. The summed E-state index contributed by atoms with van der Waals surface area (Å²) in [6.07, 6.45) is 0. The Labute approximate surface area is 99.0 Å². The van der Waals surface area contributed by atoms with Gasteiger partial charge in [0.25, 0.3) is 0 Å². The lowest BCUT2D eigenvalue weighted by Crippen LogP contribution is -2.49. The van der Waals surface area contributed by atoms with Crippen LogP contribution in [0.15, 0.2) is 0 Å². The van der Waals surface area contributed by atoms with Crippen molar-refractivity contribution in [3.8, 4) is 0 Å². The maximum absolute atomic E-state index is 6.02. The van der Waals surface area contributed by atoms with Crippen LogP contribution in [0.3, 0.4) is 0 Å². The van der Waals surface area contributed by atoms with Crippen LogP contribution in [-0.4, -0.2) is 41.1 Å². The Kier molecular flexibility index (Phi) is 4.50. The van der Waals surface area contributed by atoms with Crippen LogP contribution in [0.25, 0.3) is 0 Å². The highest BCUT2D eigenvalue weighted by molar-refractivity contribution is 8.00. The van der Waals surface area contributed by atoms with Gasteiger partial charge in [-0.05, 0) is 12.3 Å². The van der Waals surface area contributed by atoms with Crippen LogP contribution in [0, 0.1) is 5.41 Å². The molecule has 3 atom stereocenters. The third-order valence-corrected chi connectivity index (χ3v) is 4.59. The Morgan fingerprint density at radius 2 is 1.80 bits per heavy atom. The third kappa shape index (κ3) is 3.97. The van der Waals surface area contributed by atoms with E-state index in [2.05, 4.69) is 51.3 Å². The van der Waals surface area contributed by atoms with Gasteiger partial charge in [-0.3, -0.25) is 0 Å². The number of nitrogens with zero attached hydrogens (tertiary/aromatic N) is 1. The van der Waals surface area contributed by atoms with Gasteiger partial charge in [0.15, 0.2) is 0 Å². The fraction of sp³-hybridized carbons (Fsp3) is 1.00. The second-order valence-corrected chi connectivity index (χ2v) is 7.61.